The Hall–Kier alpha value is -2.86. The average molecular weight is 340 g/mol. The molecule has 0 atom stereocenters. The summed E-state index contributed by atoms with van der Waals surface area (Å²) in [5.41, 5.74) is 6.30. The van der Waals surface area contributed by atoms with Gasteiger partial charge in [-0.3, -0.25) is 9.52 Å². The maximum Gasteiger partial charge on any atom is 0.262 e. The quantitative estimate of drug-likeness (QED) is 0.748. The molecule has 3 rings (SSSR count). The van der Waals surface area contributed by atoms with Crippen molar-refractivity contribution in [2.24, 2.45) is 5.73 Å². The lowest BCUT2D eigenvalue weighted by Crippen LogP contribution is -2.14. The second-order valence-corrected chi connectivity index (χ2v) is 7.07. The van der Waals surface area contributed by atoms with E-state index >= 15 is 0 Å². The number of rotatable bonds is 5. The Bertz CT molecular complexity index is 991. The van der Waals surface area contributed by atoms with Crippen LogP contribution >= 0.6 is 0 Å². The van der Waals surface area contributed by atoms with Crippen LogP contribution in [0.25, 0.3) is 10.8 Å². The van der Waals surface area contributed by atoms with Gasteiger partial charge in [0.1, 0.15) is 0 Å². The van der Waals surface area contributed by atoms with Crippen LogP contribution in [0.15, 0.2) is 71.6 Å². The lowest BCUT2D eigenvalue weighted by molar-refractivity contribution is -0.117. The Morgan fingerprint density at radius 3 is 2.29 bits per heavy atom. The fraction of sp³-hybridized carbons (Fsp3) is 0.0556. The normalized spacial score (nSPS) is 11.3. The molecule has 3 N–H and O–H groups in total. The van der Waals surface area contributed by atoms with Crippen LogP contribution < -0.4 is 10.5 Å². The first-order chi connectivity index (χ1) is 11.5. The maximum absolute atomic E-state index is 12.7. The fourth-order valence-corrected chi connectivity index (χ4v) is 3.82. The number of amides is 1. The number of primary amides is 1. The third kappa shape index (κ3) is 3.38. The van der Waals surface area contributed by atoms with Crippen LogP contribution in [0.5, 0.6) is 0 Å². The predicted octanol–water partition coefficient (Wildman–Crippen LogP) is 2.67. The molecule has 0 spiro atoms. The highest BCUT2D eigenvalue weighted by Crippen LogP contribution is 2.25. The van der Waals surface area contributed by atoms with E-state index in [9.17, 15) is 13.2 Å². The number of carbonyl (C=O) groups excluding carboxylic acids is 1. The molecule has 0 bridgehead atoms. The second kappa shape index (κ2) is 6.33. The summed E-state index contributed by atoms with van der Waals surface area (Å²) >= 11 is 0. The van der Waals surface area contributed by atoms with Crippen molar-refractivity contribution < 1.29 is 13.2 Å². The highest BCUT2D eigenvalue weighted by Gasteiger charge is 2.17. The number of benzene rings is 3. The molecule has 0 saturated carbocycles. The van der Waals surface area contributed by atoms with Gasteiger partial charge < -0.3 is 5.73 Å². The monoisotopic (exact) mass is 340 g/mol. The van der Waals surface area contributed by atoms with Gasteiger partial charge in [-0.15, -0.1) is 0 Å². The van der Waals surface area contributed by atoms with Crippen molar-refractivity contribution >= 4 is 32.4 Å². The third-order valence-electron chi connectivity index (χ3n) is 3.62. The summed E-state index contributed by atoms with van der Waals surface area (Å²) in [6.45, 7) is 0. The number of nitrogens with two attached hydrogens (primary N) is 1. The number of anilines is 1. The number of hydrogen-bond donors (Lipinski definition) is 2. The first kappa shape index (κ1) is 16.0. The van der Waals surface area contributed by atoms with Gasteiger partial charge in [0.2, 0.25) is 5.91 Å². The van der Waals surface area contributed by atoms with Crippen molar-refractivity contribution in [2.75, 3.05) is 4.72 Å². The van der Waals surface area contributed by atoms with Crippen LogP contribution in [0.2, 0.25) is 0 Å². The van der Waals surface area contributed by atoms with E-state index in [1.165, 1.54) is 0 Å². The van der Waals surface area contributed by atoms with Crippen molar-refractivity contribution in [2.45, 2.75) is 11.3 Å². The Morgan fingerprint density at radius 1 is 0.917 bits per heavy atom. The third-order valence-corrected chi connectivity index (χ3v) is 5.06. The van der Waals surface area contributed by atoms with E-state index in [1.54, 1.807) is 48.5 Å². The molecular weight excluding hydrogens is 324 g/mol. The Labute approximate surface area is 140 Å². The highest BCUT2D eigenvalue weighted by molar-refractivity contribution is 7.93. The molecule has 1 amide bonds. The van der Waals surface area contributed by atoms with Crippen LogP contribution in [0, 0.1) is 0 Å². The fourth-order valence-electron chi connectivity index (χ4n) is 2.53. The summed E-state index contributed by atoms with van der Waals surface area (Å²) in [5, 5.41) is 1.52. The molecule has 6 heteroatoms. The zero-order valence-corrected chi connectivity index (χ0v) is 13.6. The van der Waals surface area contributed by atoms with E-state index in [1.807, 2.05) is 18.2 Å². The molecule has 122 valence electrons. The standard InChI is InChI=1S/C18H16N2O3S/c19-18(21)12-13-8-10-15(11-9-13)20-24(22,23)17-7-3-5-14-4-1-2-6-16(14)17/h1-11,20H,12H2,(H2,19,21). The minimum Gasteiger partial charge on any atom is -0.369 e. The SMILES string of the molecule is NC(=O)Cc1ccc(NS(=O)(=O)c2cccc3ccccc23)cc1. The van der Waals surface area contributed by atoms with Crippen molar-refractivity contribution in [1.82, 2.24) is 0 Å². The zero-order chi connectivity index (χ0) is 17.2. The van der Waals surface area contributed by atoms with E-state index in [2.05, 4.69) is 4.72 Å². The predicted molar refractivity (Wildman–Crippen MR) is 94.1 cm³/mol. The van der Waals surface area contributed by atoms with Crippen LogP contribution in [0.1, 0.15) is 5.56 Å². The van der Waals surface area contributed by atoms with Gasteiger partial charge in [-0.05, 0) is 29.1 Å². The minimum absolute atomic E-state index is 0.121. The topological polar surface area (TPSA) is 89.3 Å². The lowest BCUT2D eigenvalue weighted by atomic mass is 10.1. The molecule has 0 heterocycles. The molecule has 0 saturated heterocycles. The molecule has 3 aromatic rings. The molecule has 0 unspecified atom stereocenters. The Morgan fingerprint density at radius 2 is 1.58 bits per heavy atom. The van der Waals surface area contributed by atoms with Crippen molar-refractivity contribution in [3.05, 3.63) is 72.3 Å². The Balaban J connectivity index is 1.92. The number of sulfonamides is 1. The Kier molecular flexibility index (Phi) is 4.22. The van der Waals surface area contributed by atoms with Crippen LogP contribution in [0.4, 0.5) is 5.69 Å². The van der Waals surface area contributed by atoms with Gasteiger partial charge in [0.05, 0.1) is 11.3 Å². The van der Waals surface area contributed by atoms with E-state index in [0.29, 0.717) is 11.1 Å². The largest absolute Gasteiger partial charge is 0.369 e. The molecule has 0 aliphatic heterocycles. The van der Waals surface area contributed by atoms with E-state index in [4.69, 9.17) is 5.73 Å². The second-order valence-electron chi connectivity index (χ2n) is 5.42. The van der Waals surface area contributed by atoms with Crippen LogP contribution in [0.3, 0.4) is 0 Å². The summed E-state index contributed by atoms with van der Waals surface area (Å²) in [7, 11) is -3.72. The number of carbonyl (C=O) groups is 1. The first-order valence-corrected chi connectivity index (χ1v) is 8.82. The van der Waals surface area contributed by atoms with Crippen molar-refractivity contribution in [1.29, 1.82) is 0 Å². The molecule has 0 fully saturated rings. The molecule has 3 aromatic carbocycles. The molecule has 5 nitrogen and oxygen atoms in total. The smallest absolute Gasteiger partial charge is 0.262 e. The summed E-state index contributed by atoms with van der Waals surface area (Å²) < 4.78 is 27.9. The molecule has 0 aromatic heterocycles. The summed E-state index contributed by atoms with van der Waals surface area (Å²) in [6.07, 6.45) is 0.121. The summed E-state index contributed by atoms with van der Waals surface area (Å²) in [4.78, 5) is 11.1. The van der Waals surface area contributed by atoms with E-state index in [-0.39, 0.29) is 11.3 Å². The van der Waals surface area contributed by atoms with Gasteiger partial charge in [-0.1, -0.05) is 48.5 Å². The van der Waals surface area contributed by atoms with Gasteiger partial charge in [-0.2, -0.15) is 0 Å². The van der Waals surface area contributed by atoms with Gasteiger partial charge in [0.15, 0.2) is 0 Å². The van der Waals surface area contributed by atoms with Gasteiger partial charge in [0.25, 0.3) is 10.0 Å². The van der Waals surface area contributed by atoms with Crippen molar-refractivity contribution in [3.8, 4) is 0 Å². The molecule has 0 aliphatic rings. The van der Waals surface area contributed by atoms with Gasteiger partial charge in [0, 0.05) is 11.1 Å². The average Bonchev–Trinajstić information content (AvgIpc) is 2.55. The van der Waals surface area contributed by atoms with Crippen LogP contribution in [-0.2, 0) is 21.2 Å². The first-order valence-electron chi connectivity index (χ1n) is 7.33. The van der Waals surface area contributed by atoms with Gasteiger partial charge >= 0.3 is 0 Å². The maximum atomic E-state index is 12.7. The van der Waals surface area contributed by atoms with Crippen LogP contribution in [-0.4, -0.2) is 14.3 Å². The molecule has 24 heavy (non-hydrogen) atoms. The molecule has 0 aliphatic carbocycles. The zero-order valence-electron chi connectivity index (χ0n) is 12.8. The highest BCUT2D eigenvalue weighted by atomic mass is 32.2. The minimum atomic E-state index is -3.72. The number of nitrogens with one attached hydrogen (secondary N) is 1. The summed E-state index contributed by atoms with van der Waals surface area (Å²) in [6, 6.07) is 19.0. The number of fused-ring (bicyclic) bond motifs is 1. The van der Waals surface area contributed by atoms with Gasteiger partial charge in [-0.25, -0.2) is 8.42 Å². The van der Waals surface area contributed by atoms with Crippen molar-refractivity contribution in [3.63, 3.8) is 0 Å². The lowest BCUT2D eigenvalue weighted by Gasteiger charge is -2.11. The number of hydrogen-bond acceptors (Lipinski definition) is 3. The molecule has 0 radical (unpaired) electrons. The summed E-state index contributed by atoms with van der Waals surface area (Å²) in [5.74, 6) is -0.431. The van der Waals surface area contributed by atoms with E-state index in [0.717, 1.165) is 10.9 Å². The van der Waals surface area contributed by atoms with E-state index < -0.39 is 15.9 Å². The molecular formula is C18H16N2O3S.